The number of rotatable bonds is 7. The van der Waals surface area contributed by atoms with E-state index < -0.39 is 0 Å². The Morgan fingerprint density at radius 1 is 1.38 bits per heavy atom. The van der Waals surface area contributed by atoms with E-state index in [1.54, 1.807) is 0 Å². The lowest BCUT2D eigenvalue weighted by Crippen LogP contribution is -2.07. The van der Waals surface area contributed by atoms with E-state index in [4.69, 9.17) is 10.5 Å². The summed E-state index contributed by atoms with van der Waals surface area (Å²) in [5.41, 5.74) is 8.64. The van der Waals surface area contributed by atoms with Gasteiger partial charge in [-0.05, 0) is 66.3 Å². The quantitative estimate of drug-likeness (QED) is 0.623. The molecule has 0 spiro atoms. The van der Waals surface area contributed by atoms with Crippen molar-refractivity contribution in [2.45, 2.75) is 32.7 Å². The van der Waals surface area contributed by atoms with Gasteiger partial charge in [0, 0.05) is 31.0 Å². The Balaban J connectivity index is 1.60. The Morgan fingerprint density at radius 3 is 3.00 bits per heavy atom. The monoisotopic (exact) mass is 287 g/mol. The van der Waals surface area contributed by atoms with Crippen molar-refractivity contribution >= 4 is 5.69 Å². The molecule has 0 bridgehead atoms. The third-order valence-corrected chi connectivity index (χ3v) is 3.73. The SMILES string of the molecule is Cc1cc(N)ccc1-c1nnnn1CCCOCC1CC1. The smallest absolute Gasteiger partial charge is 0.182 e. The molecule has 0 amide bonds. The number of aromatic nitrogens is 4. The first-order valence-electron chi connectivity index (χ1n) is 7.44. The van der Waals surface area contributed by atoms with Crippen LogP contribution in [0.15, 0.2) is 18.2 Å². The van der Waals surface area contributed by atoms with Crippen LogP contribution in [0.4, 0.5) is 5.69 Å². The fourth-order valence-electron chi connectivity index (χ4n) is 2.34. The summed E-state index contributed by atoms with van der Waals surface area (Å²) < 4.78 is 7.47. The van der Waals surface area contributed by atoms with Crippen LogP contribution in [0.3, 0.4) is 0 Å². The second-order valence-electron chi connectivity index (χ2n) is 5.67. The molecular formula is C15H21N5O. The summed E-state index contributed by atoms with van der Waals surface area (Å²) >= 11 is 0. The molecule has 1 fully saturated rings. The Kier molecular flexibility index (Phi) is 4.15. The van der Waals surface area contributed by atoms with E-state index in [1.165, 1.54) is 12.8 Å². The third-order valence-electron chi connectivity index (χ3n) is 3.73. The summed E-state index contributed by atoms with van der Waals surface area (Å²) in [6.07, 6.45) is 3.57. The Hall–Kier alpha value is -1.95. The van der Waals surface area contributed by atoms with Crippen molar-refractivity contribution < 1.29 is 4.74 Å². The molecule has 2 aromatic rings. The molecule has 1 saturated carbocycles. The molecule has 2 N–H and O–H groups in total. The molecule has 1 aliphatic rings. The number of ether oxygens (including phenoxy) is 1. The van der Waals surface area contributed by atoms with Gasteiger partial charge in [0.05, 0.1) is 0 Å². The number of hydrogen-bond donors (Lipinski definition) is 1. The van der Waals surface area contributed by atoms with Crippen molar-refractivity contribution in [1.29, 1.82) is 0 Å². The summed E-state index contributed by atoms with van der Waals surface area (Å²) in [5.74, 6) is 1.60. The molecule has 0 saturated heterocycles. The molecule has 0 atom stereocenters. The van der Waals surface area contributed by atoms with Gasteiger partial charge in [-0.2, -0.15) is 0 Å². The van der Waals surface area contributed by atoms with Crippen LogP contribution in [0.2, 0.25) is 0 Å². The molecular weight excluding hydrogens is 266 g/mol. The first kappa shape index (κ1) is 14.0. The van der Waals surface area contributed by atoms with E-state index in [-0.39, 0.29) is 0 Å². The van der Waals surface area contributed by atoms with Crippen molar-refractivity contribution in [2.75, 3.05) is 18.9 Å². The Bertz CT molecular complexity index is 606. The minimum absolute atomic E-state index is 0.753. The number of anilines is 1. The molecule has 1 aliphatic carbocycles. The van der Waals surface area contributed by atoms with Crippen LogP contribution >= 0.6 is 0 Å². The van der Waals surface area contributed by atoms with E-state index in [9.17, 15) is 0 Å². The van der Waals surface area contributed by atoms with Gasteiger partial charge in [0.1, 0.15) is 0 Å². The van der Waals surface area contributed by atoms with E-state index >= 15 is 0 Å². The number of hydrogen-bond acceptors (Lipinski definition) is 5. The molecule has 1 aromatic heterocycles. The van der Waals surface area contributed by atoms with Crippen molar-refractivity contribution in [2.24, 2.45) is 5.92 Å². The van der Waals surface area contributed by atoms with E-state index in [2.05, 4.69) is 15.5 Å². The van der Waals surface area contributed by atoms with Crippen LogP contribution in [-0.2, 0) is 11.3 Å². The lowest BCUT2D eigenvalue weighted by molar-refractivity contribution is 0.118. The normalized spacial score (nSPS) is 14.5. The van der Waals surface area contributed by atoms with Gasteiger partial charge in [0.15, 0.2) is 5.82 Å². The molecule has 0 radical (unpaired) electrons. The van der Waals surface area contributed by atoms with Crippen molar-refractivity contribution in [1.82, 2.24) is 20.2 Å². The van der Waals surface area contributed by atoms with E-state index in [1.807, 2.05) is 29.8 Å². The molecule has 3 rings (SSSR count). The van der Waals surface area contributed by atoms with E-state index in [0.29, 0.717) is 0 Å². The topological polar surface area (TPSA) is 78.9 Å². The third kappa shape index (κ3) is 3.58. The van der Waals surface area contributed by atoms with Gasteiger partial charge in [-0.25, -0.2) is 4.68 Å². The minimum Gasteiger partial charge on any atom is -0.399 e. The van der Waals surface area contributed by atoms with Gasteiger partial charge in [0.25, 0.3) is 0 Å². The van der Waals surface area contributed by atoms with Crippen molar-refractivity contribution in [3.05, 3.63) is 23.8 Å². The van der Waals surface area contributed by atoms with Crippen LogP contribution in [0.25, 0.3) is 11.4 Å². The highest BCUT2D eigenvalue weighted by Gasteiger charge is 2.20. The van der Waals surface area contributed by atoms with Gasteiger partial charge in [0.2, 0.25) is 0 Å². The minimum atomic E-state index is 0.753. The average Bonchev–Trinajstić information content (AvgIpc) is 3.17. The fraction of sp³-hybridized carbons (Fsp3) is 0.533. The first-order chi connectivity index (χ1) is 10.2. The van der Waals surface area contributed by atoms with Crippen molar-refractivity contribution in [3.63, 3.8) is 0 Å². The molecule has 0 aliphatic heterocycles. The number of nitrogens with zero attached hydrogens (tertiary/aromatic N) is 4. The highest BCUT2D eigenvalue weighted by molar-refractivity contribution is 5.63. The fourth-order valence-corrected chi connectivity index (χ4v) is 2.34. The highest BCUT2D eigenvalue weighted by atomic mass is 16.5. The van der Waals surface area contributed by atoms with Gasteiger partial charge >= 0.3 is 0 Å². The standard InChI is InChI=1S/C15H21N5O/c1-11-9-13(16)5-6-14(11)15-17-18-19-20(15)7-2-8-21-10-12-3-4-12/h5-6,9,12H,2-4,7-8,10,16H2,1H3. The van der Waals surface area contributed by atoms with Gasteiger partial charge < -0.3 is 10.5 Å². The lowest BCUT2D eigenvalue weighted by Gasteiger charge is -2.08. The average molecular weight is 287 g/mol. The molecule has 6 nitrogen and oxygen atoms in total. The number of nitrogens with two attached hydrogens (primary N) is 1. The zero-order chi connectivity index (χ0) is 14.7. The van der Waals surface area contributed by atoms with Gasteiger partial charge in [-0.15, -0.1) is 5.10 Å². The summed E-state index contributed by atoms with van der Waals surface area (Å²) in [4.78, 5) is 0. The maximum absolute atomic E-state index is 5.79. The number of benzene rings is 1. The lowest BCUT2D eigenvalue weighted by atomic mass is 10.1. The summed E-state index contributed by atoms with van der Waals surface area (Å²) in [7, 11) is 0. The van der Waals surface area contributed by atoms with Crippen LogP contribution in [0.1, 0.15) is 24.8 Å². The van der Waals surface area contributed by atoms with Gasteiger partial charge in [-0.3, -0.25) is 0 Å². The zero-order valence-corrected chi connectivity index (χ0v) is 12.3. The van der Waals surface area contributed by atoms with Crippen molar-refractivity contribution in [3.8, 4) is 11.4 Å². The molecule has 1 aromatic carbocycles. The molecule has 0 unspecified atom stereocenters. The predicted octanol–water partition coefficient (Wildman–Crippen LogP) is 2.05. The van der Waals surface area contributed by atoms with Gasteiger partial charge in [-0.1, -0.05) is 0 Å². The summed E-state index contributed by atoms with van der Waals surface area (Å²) in [6.45, 7) is 4.44. The first-order valence-corrected chi connectivity index (χ1v) is 7.44. The molecule has 21 heavy (non-hydrogen) atoms. The molecule has 112 valence electrons. The summed E-state index contributed by atoms with van der Waals surface area (Å²) in [6, 6.07) is 5.78. The second-order valence-corrected chi connectivity index (χ2v) is 5.67. The zero-order valence-electron chi connectivity index (χ0n) is 12.3. The van der Waals surface area contributed by atoms with Crippen LogP contribution in [0.5, 0.6) is 0 Å². The molecule has 6 heteroatoms. The number of tetrazole rings is 1. The maximum Gasteiger partial charge on any atom is 0.182 e. The number of aryl methyl sites for hydroxylation is 2. The van der Waals surface area contributed by atoms with Crippen LogP contribution in [0, 0.1) is 12.8 Å². The largest absolute Gasteiger partial charge is 0.399 e. The highest BCUT2D eigenvalue weighted by Crippen LogP contribution is 2.28. The Labute approximate surface area is 124 Å². The maximum atomic E-state index is 5.79. The van der Waals surface area contributed by atoms with Crippen LogP contribution in [-0.4, -0.2) is 33.4 Å². The summed E-state index contributed by atoms with van der Waals surface area (Å²) in [5, 5.41) is 12.0. The van der Waals surface area contributed by atoms with E-state index in [0.717, 1.165) is 54.7 Å². The number of nitrogen functional groups attached to an aromatic ring is 1. The second kappa shape index (κ2) is 6.22. The predicted molar refractivity (Wildman–Crippen MR) is 80.6 cm³/mol. The Morgan fingerprint density at radius 2 is 2.24 bits per heavy atom. The van der Waals surface area contributed by atoms with Crippen LogP contribution < -0.4 is 5.73 Å². The molecule has 1 heterocycles.